The van der Waals surface area contributed by atoms with Crippen LogP contribution in [0.15, 0.2) is 60.8 Å². The minimum atomic E-state index is -0.231. The number of benzene rings is 2. The van der Waals surface area contributed by atoms with Gasteiger partial charge in [0.1, 0.15) is 11.6 Å². The van der Waals surface area contributed by atoms with Crippen LogP contribution in [0.25, 0.3) is 11.0 Å². The Labute approximate surface area is 192 Å². The lowest BCUT2D eigenvalue weighted by molar-refractivity contribution is 0.0733. The number of imidazole rings is 1. The van der Waals surface area contributed by atoms with Crippen molar-refractivity contribution >= 4 is 16.9 Å². The molecule has 168 valence electrons. The second-order valence-electron chi connectivity index (χ2n) is 9.06. The lowest BCUT2D eigenvalue weighted by Gasteiger charge is -2.24. The van der Waals surface area contributed by atoms with Gasteiger partial charge in [-0.25, -0.2) is 9.37 Å². The minimum absolute atomic E-state index is 0.0253. The van der Waals surface area contributed by atoms with E-state index in [2.05, 4.69) is 34.9 Å². The van der Waals surface area contributed by atoms with Gasteiger partial charge in [-0.2, -0.15) is 0 Å². The number of carbonyl (C=O) groups excluding carboxylic acids is 1. The van der Waals surface area contributed by atoms with Crippen molar-refractivity contribution in [2.75, 3.05) is 6.54 Å². The first-order valence-electron chi connectivity index (χ1n) is 11.5. The number of likely N-dealkylation sites (tertiary alicyclic amines) is 1. The monoisotopic (exact) mass is 442 g/mol. The molecule has 0 bridgehead atoms. The van der Waals surface area contributed by atoms with Crippen LogP contribution in [-0.4, -0.2) is 32.3 Å². The van der Waals surface area contributed by atoms with Crippen molar-refractivity contribution < 1.29 is 9.18 Å². The molecule has 1 aliphatic heterocycles. The van der Waals surface area contributed by atoms with Crippen molar-refractivity contribution in [2.24, 2.45) is 0 Å². The third kappa shape index (κ3) is 4.38. The number of rotatable bonds is 5. The number of amides is 1. The standard InChI is InChI=1S/C27H27FN4O/c1-17(2)26-30-22-12-8-20(15-24(22)31-26)27(33)32-13-3-4-25(32)23-11-7-19(16-29-23)14-18-5-9-21(28)10-6-18/h5-12,15-17,25H,3-4,13-14H2,1-2H3,(H,30,31). The highest BCUT2D eigenvalue weighted by Gasteiger charge is 2.31. The number of H-pyrrole nitrogens is 1. The maximum atomic E-state index is 13.4. The summed E-state index contributed by atoms with van der Waals surface area (Å²) < 4.78 is 13.1. The van der Waals surface area contributed by atoms with E-state index in [1.807, 2.05) is 35.4 Å². The van der Waals surface area contributed by atoms with Gasteiger partial charge >= 0.3 is 0 Å². The van der Waals surface area contributed by atoms with E-state index in [0.29, 0.717) is 17.9 Å². The minimum Gasteiger partial charge on any atom is -0.342 e. The number of halogens is 1. The number of hydrogen-bond donors (Lipinski definition) is 1. The second-order valence-corrected chi connectivity index (χ2v) is 9.06. The first-order chi connectivity index (χ1) is 16.0. The van der Waals surface area contributed by atoms with E-state index in [9.17, 15) is 9.18 Å². The molecule has 1 saturated heterocycles. The van der Waals surface area contributed by atoms with E-state index in [4.69, 9.17) is 0 Å². The average Bonchev–Trinajstić information content (AvgIpc) is 3.48. The first-order valence-corrected chi connectivity index (χ1v) is 11.5. The van der Waals surface area contributed by atoms with Gasteiger partial charge in [0.2, 0.25) is 0 Å². The van der Waals surface area contributed by atoms with E-state index >= 15 is 0 Å². The normalized spacial score (nSPS) is 16.1. The topological polar surface area (TPSA) is 61.9 Å². The summed E-state index contributed by atoms with van der Waals surface area (Å²) in [5.74, 6) is 1.03. The largest absolute Gasteiger partial charge is 0.342 e. The molecule has 33 heavy (non-hydrogen) atoms. The number of nitrogens with one attached hydrogen (secondary N) is 1. The summed E-state index contributed by atoms with van der Waals surface area (Å²) in [5, 5.41) is 0. The van der Waals surface area contributed by atoms with Crippen LogP contribution in [0, 0.1) is 5.82 Å². The Balaban J connectivity index is 1.33. The van der Waals surface area contributed by atoms with Gasteiger partial charge in [0.05, 0.1) is 22.8 Å². The zero-order chi connectivity index (χ0) is 22.9. The van der Waals surface area contributed by atoms with Crippen molar-refractivity contribution in [1.29, 1.82) is 0 Å². The van der Waals surface area contributed by atoms with Crippen LogP contribution in [0.2, 0.25) is 0 Å². The third-order valence-electron chi connectivity index (χ3n) is 6.32. The number of hydrogen-bond acceptors (Lipinski definition) is 3. The second kappa shape index (κ2) is 8.77. The van der Waals surface area contributed by atoms with Crippen LogP contribution in [0.4, 0.5) is 4.39 Å². The van der Waals surface area contributed by atoms with Crippen LogP contribution >= 0.6 is 0 Å². The maximum Gasteiger partial charge on any atom is 0.254 e. The van der Waals surface area contributed by atoms with Gasteiger partial charge in [0.25, 0.3) is 5.91 Å². The van der Waals surface area contributed by atoms with Crippen LogP contribution in [0.1, 0.15) is 71.7 Å². The van der Waals surface area contributed by atoms with Crippen LogP contribution in [-0.2, 0) is 6.42 Å². The van der Waals surface area contributed by atoms with Crippen molar-refractivity contribution in [3.63, 3.8) is 0 Å². The molecule has 2 aromatic heterocycles. The van der Waals surface area contributed by atoms with Crippen LogP contribution in [0.5, 0.6) is 0 Å². The number of fused-ring (bicyclic) bond motifs is 1. The smallest absolute Gasteiger partial charge is 0.254 e. The number of aromatic nitrogens is 3. The SMILES string of the molecule is CC(C)c1nc2ccc(C(=O)N3CCCC3c3ccc(Cc4ccc(F)cc4)cn3)cc2[nH]1. The zero-order valence-corrected chi connectivity index (χ0v) is 18.9. The fraction of sp³-hybridized carbons (Fsp3) is 0.296. The fourth-order valence-electron chi connectivity index (χ4n) is 4.49. The summed E-state index contributed by atoms with van der Waals surface area (Å²) in [5.41, 5.74) is 5.45. The van der Waals surface area contributed by atoms with E-state index in [1.165, 1.54) is 12.1 Å². The fourth-order valence-corrected chi connectivity index (χ4v) is 4.49. The van der Waals surface area contributed by atoms with Gasteiger partial charge in [-0.3, -0.25) is 9.78 Å². The molecule has 1 N–H and O–H groups in total. The molecule has 4 aromatic rings. The molecule has 1 aliphatic rings. The molecule has 3 heterocycles. The molecule has 5 nitrogen and oxygen atoms in total. The summed E-state index contributed by atoms with van der Waals surface area (Å²) in [6.07, 6.45) is 4.42. The van der Waals surface area contributed by atoms with E-state index in [0.717, 1.165) is 53.1 Å². The number of carbonyl (C=O) groups is 1. The highest BCUT2D eigenvalue weighted by atomic mass is 19.1. The van der Waals surface area contributed by atoms with E-state index < -0.39 is 0 Å². The summed E-state index contributed by atoms with van der Waals surface area (Å²) in [6.45, 7) is 4.91. The molecule has 6 heteroatoms. The Hall–Kier alpha value is -3.54. The molecule has 1 amide bonds. The highest BCUT2D eigenvalue weighted by Crippen LogP contribution is 2.32. The lowest BCUT2D eigenvalue weighted by Crippen LogP contribution is -2.31. The number of pyridine rings is 1. The molecule has 0 aliphatic carbocycles. The summed E-state index contributed by atoms with van der Waals surface area (Å²) in [4.78, 5) is 28.0. The van der Waals surface area contributed by atoms with Crippen molar-refractivity contribution in [2.45, 2.75) is 45.1 Å². The highest BCUT2D eigenvalue weighted by molar-refractivity contribution is 5.97. The van der Waals surface area contributed by atoms with Gasteiger partial charge in [-0.05, 0) is 66.8 Å². The van der Waals surface area contributed by atoms with Crippen molar-refractivity contribution in [3.05, 3.63) is 94.8 Å². The molecule has 1 atom stereocenters. The van der Waals surface area contributed by atoms with Gasteiger partial charge in [0, 0.05) is 24.2 Å². The molecule has 0 radical (unpaired) electrons. The molecule has 1 fully saturated rings. The van der Waals surface area contributed by atoms with E-state index in [1.54, 1.807) is 12.1 Å². The Morgan fingerprint density at radius 1 is 1.12 bits per heavy atom. The zero-order valence-electron chi connectivity index (χ0n) is 18.9. The quantitative estimate of drug-likeness (QED) is 0.426. The van der Waals surface area contributed by atoms with Crippen molar-refractivity contribution in [3.8, 4) is 0 Å². The average molecular weight is 443 g/mol. The number of aromatic amines is 1. The molecule has 1 unspecified atom stereocenters. The predicted molar refractivity (Wildman–Crippen MR) is 127 cm³/mol. The Bertz CT molecular complexity index is 1280. The van der Waals surface area contributed by atoms with Gasteiger partial charge in [0.15, 0.2) is 0 Å². The molecule has 5 rings (SSSR count). The van der Waals surface area contributed by atoms with Gasteiger partial charge in [-0.15, -0.1) is 0 Å². The summed E-state index contributed by atoms with van der Waals surface area (Å²) in [7, 11) is 0. The van der Waals surface area contributed by atoms with Crippen LogP contribution in [0.3, 0.4) is 0 Å². The Morgan fingerprint density at radius 2 is 1.91 bits per heavy atom. The van der Waals surface area contributed by atoms with Crippen LogP contribution < -0.4 is 0 Å². The Kier molecular flexibility index (Phi) is 5.67. The maximum absolute atomic E-state index is 13.4. The summed E-state index contributed by atoms with van der Waals surface area (Å²) in [6, 6.07) is 16.3. The lowest BCUT2D eigenvalue weighted by atomic mass is 10.0. The molecular weight excluding hydrogens is 415 g/mol. The van der Waals surface area contributed by atoms with Gasteiger partial charge in [-0.1, -0.05) is 32.0 Å². The third-order valence-corrected chi connectivity index (χ3v) is 6.32. The van der Waals surface area contributed by atoms with E-state index in [-0.39, 0.29) is 17.8 Å². The van der Waals surface area contributed by atoms with Gasteiger partial charge < -0.3 is 9.88 Å². The molecular formula is C27H27FN4O. The molecule has 2 aromatic carbocycles. The van der Waals surface area contributed by atoms with Crippen molar-refractivity contribution in [1.82, 2.24) is 19.9 Å². The Morgan fingerprint density at radius 3 is 2.64 bits per heavy atom. The summed E-state index contributed by atoms with van der Waals surface area (Å²) >= 11 is 0. The first kappa shape index (κ1) is 21.3. The number of nitrogens with zero attached hydrogens (tertiary/aromatic N) is 3. The molecule has 0 saturated carbocycles. The predicted octanol–water partition coefficient (Wildman–Crippen LogP) is 5.79. The molecule has 0 spiro atoms.